The molecule has 114 valence electrons. The van der Waals surface area contributed by atoms with E-state index in [4.69, 9.17) is 0 Å². The molecule has 0 aliphatic heterocycles. The van der Waals surface area contributed by atoms with Crippen molar-refractivity contribution in [1.29, 1.82) is 0 Å². The standard InChI is InChI=1S/C16H20F2N2S/c1-4-13-10(3)21-16(20-13)14(19-5-2)11-7-6-8-12(9-11)15(17)18/h6-9,14-15,19H,4-5H2,1-3H3. The van der Waals surface area contributed by atoms with Gasteiger partial charge in [-0.3, -0.25) is 0 Å². The van der Waals surface area contributed by atoms with Gasteiger partial charge in [-0.15, -0.1) is 11.3 Å². The van der Waals surface area contributed by atoms with E-state index in [0.29, 0.717) is 0 Å². The van der Waals surface area contributed by atoms with Gasteiger partial charge in [0, 0.05) is 10.4 Å². The van der Waals surface area contributed by atoms with Gasteiger partial charge < -0.3 is 5.32 Å². The van der Waals surface area contributed by atoms with E-state index in [1.807, 2.05) is 13.0 Å². The molecular weight excluding hydrogens is 290 g/mol. The lowest BCUT2D eigenvalue weighted by Crippen LogP contribution is -2.22. The Hall–Kier alpha value is -1.33. The lowest BCUT2D eigenvalue weighted by atomic mass is 10.0. The average Bonchev–Trinajstić information content (AvgIpc) is 2.85. The molecule has 1 heterocycles. The maximum absolute atomic E-state index is 12.9. The van der Waals surface area contributed by atoms with Crippen LogP contribution >= 0.6 is 11.3 Å². The summed E-state index contributed by atoms with van der Waals surface area (Å²) in [7, 11) is 0. The summed E-state index contributed by atoms with van der Waals surface area (Å²) >= 11 is 1.63. The van der Waals surface area contributed by atoms with E-state index in [9.17, 15) is 8.78 Å². The van der Waals surface area contributed by atoms with Crippen molar-refractivity contribution < 1.29 is 8.78 Å². The summed E-state index contributed by atoms with van der Waals surface area (Å²) in [6.45, 7) is 6.89. The second-order valence-corrected chi connectivity index (χ2v) is 6.10. The van der Waals surface area contributed by atoms with Crippen LogP contribution in [0.5, 0.6) is 0 Å². The second kappa shape index (κ2) is 7.09. The Morgan fingerprint density at radius 1 is 1.24 bits per heavy atom. The average molecular weight is 310 g/mol. The third-order valence-electron chi connectivity index (χ3n) is 3.40. The molecule has 1 N–H and O–H groups in total. The van der Waals surface area contributed by atoms with E-state index in [0.717, 1.165) is 29.2 Å². The van der Waals surface area contributed by atoms with Gasteiger partial charge in [-0.25, -0.2) is 13.8 Å². The molecule has 2 rings (SSSR count). The highest BCUT2D eigenvalue weighted by molar-refractivity contribution is 7.11. The van der Waals surface area contributed by atoms with Crippen molar-refractivity contribution in [1.82, 2.24) is 10.3 Å². The number of nitrogens with zero attached hydrogens (tertiary/aromatic N) is 1. The van der Waals surface area contributed by atoms with Crippen LogP contribution in [-0.2, 0) is 6.42 Å². The van der Waals surface area contributed by atoms with Crippen LogP contribution in [0.25, 0.3) is 0 Å². The van der Waals surface area contributed by atoms with Gasteiger partial charge in [-0.2, -0.15) is 0 Å². The summed E-state index contributed by atoms with van der Waals surface area (Å²) in [5.74, 6) is 0. The predicted molar refractivity (Wildman–Crippen MR) is 83.1 cm³/mol. The maximum atomic E-state index is 12.9. The predicted octanol–water partition coefficient (Wildman–Crippen LogP) is 4.65. The Morgan fingerprint density at radius 3 is 2.52 bits per heavy atom. The fourth-order valence-electron chi connectivity index (χ4n) is 2.33. The smallest absolute Gasteiger partial charge is 0.263 e. The molecule has 0 fully saturated rings. The van der Waals surface area contributed by atoms with E-state index in [2.05, 4.69) is 24.1 Å². The quantitative estimate of drug-likeness (QED) is 0.840. The minimum Gasteiger partial charge on any atom is -0.305 e. The Labute approximate surface area is 128 Å². The molecule has 1 atom stereocenters. The number of aromatic nitrogens is 1. The van der Waals surface area contributed by atoms with Crippen LogP contribution in [0.3, 0.4) is 0 Å². The van der Waals surface area contributed by atoms with Crippen molar-refractivity contribution >= 4 is 11.3 Å². The van der Waals surface area contributed by atoms with Crippen LogP contribution < -0.4 is 5.32 Å². The Morgan fingerprint density at radius 2 is 1.95 bits per heavy atom. The number of benzene rings is 1. The van der Waals surface area contributed by atoms with Crippen molar-refractivity contribution in [2.24, 2.45) is 0 Å². The molecule has 0 spiro atoms. The van der Waals surface area contributed by atoms with Crippen molar-refractivity contribution in [3.8, 4) is 0 Å². The zero-order valence-electron chi connectivity index (χ0n) is 12.5. The highest BCUT2D eigenvalue weighted by Crippen LogP contribution is 2.30. The van der Waals surface area contributed by atoms with E-state index in [1.54, 1.807) is 23.5 Å². The maximum Gasteiger partial charge on any atom is 0.263 e. The second-order valence-electron chi connectivity index (χ2n) is 4.87. The van der Waals surface area contributed by atoms with Gasteiger partial charge in [0.25, 0.3) is 6.43 Å². The molecule has 0 saturated carbocycles. The van der Waals surface area contributed by atoms with Gasteiger partial charge in [-0.1, -0.05) is 32.0 Å². The monoisotopic (exact) mass is 310 g/mol. The van der Waals surface area contributed by atoms with Gasteiger partial charge in [-0.05, 0) is 31.5 Å². The largest absolute Gasteiger partial charge is 0.305 e. The lowest BCUT2D eigenvalue weighted by molar-refractivity contribution is 0.151. The zero-order valence-corrected chi connectivity index (χ0v) is 13.3. The molecule has 0 saturated heterocycles. The van der Waals surface area contributed by atoms with Crippen LogP contribution in [0, 0.1) is 6.92 Å². The third kappa shape index (κ3) is 3.66. The molecule has 1 aromatic carbocycles. The Kier molecular flexibility index (Phi) is 5.42. The van der Waals surface area contributed by atoms with Gasteiger partial charge in [0.2, 0.25) is 0 Å². The number of alkyl halides is 2. The highest BCUT2D eigenvalue weighted by atomic mass is 32.1. The van der Waals surface area contributed by atoms with E-state index >= 15 is 0 Å². The fourth-order valence-corrected chi connectivity index (χ4v) is 3.44. The van der Waals surface area contributed by atoms with Crippen molar-refractivity contribution in [2.45, 2.75) is 39.7 Å². The van der Waals surface area contributed by atoms with E-state index in [1.165, 1.54) is 10.9 Å². The van der Waals surface area contributed by atoms with Crippen LogP contribution in [-0.4, -0.2) is 11.5 Å². The molecule has 0 aliphatic carbocycles. The topological polar surface area (TPSA) is 24.9 Å². The van der Waals surface area contributed by atoms with Crippen LogP contribution in [0.15, 0.2) is 24.3 Å². The van der Waals surface area contributed by atoms with Crippen molar-refractivity contribution in [3.05, 3.63) is 51.0 Å². The summed E-state index contributed by atoms with van der Waals surface area (Å²) in [6.07, 6.45) is -1.56. The normalized spacial score (nSPS) is 12.9. The molecule has 0 amide bonds. The first kappa shape index (κ1) is 16.0. The minimum atomic E-state index is -2.45. The summed E-state index contributed by atoms with van der Waals surface area (Å²) in [5, 5.41) is 4.29. The van der Waals surface area contributed by atoms with Gasteiger partial charge in [0.1, 0.15) is 5.01 Å². The number of hydrogen-bond donors (Lipinski definition) is 1. The van der Waals surface area contributed by atoms with Crippen molar-refractivity contribution in [3.63, 3.8) is 0 Å². The van der Waals surface area contributed by atoms with E-state index < -0.39 is 6.43 Å². The number of rotatable bonds is 6. The molecule has 5 heteroatoms. The molecule has 1 aromatic heterocycles. The molecule has 2 aromatic rings. The molecule has 0 bridgehead atoms. The first-order valence-corrected chi connectivity index (χ1v) is 7.96. The molecule has 0 radical (unpaired) electrons. The van der Waals surface area contributed by atoms with Crippen LogP contribution in [0.1, 0.15) is 53.0 Å². The lowest BCUT2D eigenvalue weighted by Gasteiger charge is -2.16. The zero-order chi connectivity index (χ0) is 15.4. The van der Waals surface area contributed by atoms with Crippen LogP contribution in [0.4, 0.5) is 8.78 Å². The summed E-state index contributed by atoms with van der Waals surface area (Å²) < 4.78 is 25.8. The van der Waals surface area contributed by atoms with E-state index in [-0.39, 0.29) is 11.6 Å². The van der Waals surface area contributed by atoms with Gasteiger partial charge in [0.15, 0.2) is 0 Å². The molecular formula is C16H20F2N2S. The Bertz CT molecular complexity index is 596. The summed E-state index contributed by atoms with van der Waals surface area (Å²) in [6, 6.07) is 6.46. The highest BCUT2D eigenvalue weighted by Gasteiger charge is 2.19. The first-order chi connectivity index (χ1) is 10.1. The third-order valence-corrected chi connectivity index (χ3v) is 4.47. The molecule has 2 nitrogen and oxygen atoms in total. The fraction of sp³-hybridized carbons (Fsp3) is 0.438. The van der Waals surface area contributed by atoms with Crippen LogP contribution in [0.2, 0.25) is 0 Å². The summed E-state index contributed by atoms with van der Waals surface area (Å²) in [4.78, 5) is 5.86. The molecule has 0 aliphatic rings. The number of halogens is 2. The number of aryl methyl sites for hydroxylation is 2. The number of hydrogen-bond acceptors (Lipinski definition) is 3. The Balaban J connectivity index is 2.40. The molecule has 21 heavy (non-hydrogen) atoms. The SMILES string of the molecule is CCNC(c1cccc(C(F)F)c1)c1nc(CC)c(C)s1. The minimum absolute atomic E-state index is 0.0550. The number of nitrogens with one attached hydrogen (secondary N) is 1. The van der Waals surface area contributed by atoms with Gasteiger partial charge in [0.05, 0.1) is 11.7 Å². The molecule has 1 unspecified atom stereocenters. The first-order valence-electron chi connectivity index (χ1n) is 7.14. The number of thiazole rings is 1. The van der Waals surface area contributed by atoms with Crippen molar-refractivity contribution in [2.75, 3.05) is 6.54 Å². The van der Waals surface area contributed by atoms with Gasteiger partial charge >= 0.3 is 0 Å². The summed E-state index contributed by atoms with van der Waals surface area (Å²) in [5.41, 5.74) is 1.98.